The molecular weight excluding hydrogens is 675 g/mol. The Morgan fingerprint density at radius 3 is 1.46 bits per heavy atom. The Labute approximate surface area is 316 Å². The van der Waals surface area contributed by atoms with Crippen molar-refractivity contribution in [2.45, 2.75) is 161 Å². The summed E-state index contributed by atoms with van der Waals surface area (Å²) in [4.78, 5) is 42.7. The van der Waals surface area contributed by atoms with Crippen LogP contribution in [0.3, 0.4) is 0 Å². The first-order valence-corrected chi connectivity index (χ1v) is 21.4. The van der Waals surface area contributed by atoms with Gasteiger partial charge < -0.3 is 19.3 Å². The van der Waals surface area contributed by atoms with Gasteiger partial charge in [0.25, 0.3) is 0 Å². The molecule has 0 aromatic heterocycles. The molecule has 0 amide bonds. The zero-order valence-corrected chi connectivity index (χ0v) is 33.3. The molecule has 0 saturated heterocycles. The van der Waals surface area contributed by atoms with Gasteiger partial charge in [-0.2, -0.15) is 0 Å². The SMILES string of the molecule is CC/C=C/C/C=C/C/C=C/C/C=C/C/C=C/C/C=C/CCC(=O)OC[C@H](COP(=O)(O)O)OC(=O)CCCCCCCCCCC/C=C/CCCC. The quantitative estimate of drug-likeness (QED) is 0.0285. The van der Waals surface area contributed by atoms with Crippen LogP contribution < -0.4 is 0 Å². The minimum Gasteiger partial charge on any atom is -0.462 e. The van der Waals surface area contributed by atoms with Crippen LogP contribution in [0.15, 0.2) is 85.1 Å². The Balaban J connectivity index is 4.09. The molecule has 0 aliphatic rings. The van der Waals surface area contributed by atoms with Crippen LogP contribution in [0.2, 0.25) is 0 Å². The third-order valence-electron chi connectivity index (χ3n) is 7.91. The number of carbonyl (C=O) groups is 2. The monoisotopic (exact) mass is 746 g/mol. The number of ether oxygens (including phenoxy) is 2. The maximum atomic E-state index is 12.4. The molecule has 0 rings (SSSR count). The molecule has 9 heteroatoms. The first-order chi connectivity index (χ1) is 25.3. The molecule has 2 N–H and O–H groups in total. The van der Waals surface area contributed by atoms with E-state index in [0.29, 0.717) is 12.8 Å². The highest BCUT2D eigenvalue weighted by atomic mass is 31.2. The molecule has 0 aliphatic carbocycles. The minimum atomic E-state index is -4.77. The van der Waals surface area contributed by atoms with Gasteiger partial charge in [0.15, 0.2) is 6.10 Å². The van der Waals surface area contributed by atoms with Crippen LogP contribution in [-0.2, 0) is 28.2 Å². The van der Waals surface area contributed by atoms with Crippen LogP contribution in [0.5, 0.6) is 0 Å². The van der Waals surface area contributed by atoms with Gasteiger partial charge in [-0.3, -0.25) is 14.1 Å². The lowest BCUT2D eigenvalue weighted by atomic mass is 10.1. The fourth-order valence-electron chi connectivity index (χ4n) is 4.97. The van der Waals surface area contributed by atoms with E-state index in [2.05, 4.69) is 91.3 Å². The number of phosphoric acid groups is 1. The van der Waals surface area contributed by atoms with Crippen molar-refractivity contribution in [1.82, 2.24) is 0 Å². The van der Waals surface area contributed by atoms with Crippen molar-refractivity contribution >= 4 is 19.8 Å². The number of rotatable bonds is 35. The number of phosphoric ester groups is 1. The van der Waals surface area contributed by atoms with Crippen molar-refractivity contribution < 1.29 is 37.9 Å². The Morgan fingerprint density at radius 2 is 0.962 bits per heavy atom. The Bertz CT molecular complexity index is 1110. The van der Waals surface area contributed by atoms with Gasteiger partial charge in [0.05, 0.1) is 6.61 Å². The molecule has 296 valence electrons. The van der Waals surface area contributed by atoms with E-state index in [4.69, 9.17) is 19.3 Å². The van der Waals surface area contributed by atoms with Crippen molar-refractivity contribution in [3.8, 4) is 0 Å². The predicted molar refractivity (Wildman–Crippen MR) is 216 cm³/mol. The summed E-state index contributed by atoms with van der Waals surface area (Å²) < 4.78 is 26.3. The Morgan fingerprint density at radius 1 is 0.519 bits per heavy atom. The summed E-state index contributed by atoms with van der Waals surface area (Å²) in [5.41, 5.74) is 0. The van der Waals surface area contributed by atoms with E-state index in [-0.39, 0.29) is 19.4 Å². The number of hydrogen-bond acceptors (Lipinski definition) is 6. The van der Waals surface area contributed by atoms with Crippen molar-refractivity contribution in [1.29, 1.82) is 0 Å². The second-order valence-corrected chi connectivity index (χ2v) is 14.1. The van der Waals surface area contributed by atoms with Gasteiger partial charge in [-0.1, -0.05) is 157 Å². The number of hydrogen-bond donors (Lipinski definition) is 2. The fraction of sp³-hybridized carbons (Fsp3) is 0.628. The van der Waals surface area contributed by atoms with E-state index < -0.39 is 32.5 Å². The van der Waals surface area contributed by atoms with Crippen molar-refractivity contribution in [2.75, 3.05) is 13.2 Å². The van der Waals surface area contributed by atoms with E-state index >= 15 is 0 Å². The molecule has 0 fully saturated rings. The summed E-state index contributed by atoms with van der Waals surface area (Å²) in [7, 11) is -4.77. The van der Waals surface area contributed by atoms with Gasteiger partial charge in [-0.15, -0.1) is 0 Å². The van der Waals surface area contributed by atoms with Crippen LogP contribution in [-0.4, -0.2) is 41.0 Å². The summed E-state index contributed by atoms with van der Waals surface area (Å²) in [5.74, 6) is -0.993. The van der Waals surface area contributed by atoms with E-state index in [0.717, 1.165) is 57.8 Å². The normalized spacial score (nSPS) is 13.4. The molecule has 1 atom stereocenters. The number of unbranched alkanes of at least 4 members (excludes halogenated alkanes) is 11. The molecule has 8 nitrogen and oxygen atoms in total. The zero-order chi connectivity index (χ0) is 38.2. The topological polar surface area (TPSA) is 119 Å². The predicted octanol–water partition coefficient (Wildman–Crippen LogP) is 12.1. The second-order valence-electron chi connectivity index (χ2n) is 12.9. The molecule has 0 heterocycles. The minimum absolute atomic E-state index is 0.138. The van der Waals surface area contributed by atoms with Crippen LogP contribution in [0.4, 0.5) is 0 Å². The highest BCUT2D eigenvalue weighted by Crippen LogP contribution is 2.36. The highest BCUT2D eigenvalue weighted by Gasteiger charge is 2.22. The van der Waals surface area contributed by atoms with Crippen LogP contribution in [0, 0.1) is 0 Å². The van der Waals surface area contributed by atoms with Gasteiger partial charge in [0.2, 0.25) is 0 Å². The summed E-state index contributed by atoms with van der Waals surface area (Å²) in [5, 5.41) is 0. The number of carbonyl (C=O) groups excluding carboxylic acids is 2. The van der Waals surface area contributed by atoms with E-state index in [1.807, 2.05) is 12.2 Å². The summed E-state index contributed by atoms with van der Waals surface area (Å²) in [6.45, 7) is 3.46. The van der Waals surface area contributed by atoms with Crippen LogP contribution in [0.25, 0.3) is 0 Å². The smallest absolute Gasteiger partial charge is 0.462 e. The Kier molecular flexibility index (Phi) is 35.9. The molecule has 0 unspecified atom stereocenters. The van der Waals surface area contributed by atoms with Gasteiger partial charge in [-0.25, -0.2) is 4.57 Å². The van der Waals surface area contributed by atoms with E-state index in [1.165, 1.54) is 57.8 Å². The molecule has 0 saturated carbocycles. The molecule has 0 aromatic carbocycles. The third kappa shape index (κ3) is 40.0. The summed E-state index contributed by atoms with van der Waals surface area (Å²) >= 11 is 0. The average molecular weight is 747 g/mol. The molecule has 0 bridgehead atoms. The maximum Gasteiger partial charge on any atom is 0.469 e. The summed E-state index contributed by atoms with van der Waals surface area (Å²) in [6, 6.07) is 0. The number of esters is 2. The lowest BCUT2D eigenvalue weighted by molar-refractivity contribution is -0.161. The average Bonchev–Trinajstić information content (AvgIpc) is 3.11. The molecule has 0 aliphatic heterocycles. The molecule has 52 heavy (non-hydrogen) atoms. The standard InChI is InChI=1S/C43H71O8P/c1-3-5-7-9-11-13-15-17-19-20-21-22-24-25-27-29-31-33-35-37-42(44)49-39-41(40-50-52(46,47)48)51-43(45)38-36-34-32-30-28-26-23-18-16-14-12-10-8-6-4-2/h5,7,10-13,17,19,21-22,25,27,31,33,41H,3-4,6,8-9,14-16,18,20,23-24,26,28-30,32,34-40H2,1-2H3,(H2,46,47,48)/b7-5+,12-10+,13-11+,19-17+,22-21+,27-25+,33-31+/t41-/m1/s1. The van der Waals surface area contributed by atoms with E-state index in [1.54, 1.807) is 0 Å². The zero-order valence-electron chi connectivity index (χ0n) is 32.4. The van der Waals surface area contributed by atoms with Gasteiger partial charge in [-0.05, 0) is 70.6 Å². The van der Waals surface area contributed by atoms with Crippen molar-refractivity contribution in [3.05, 3.63) is 85.1 Å². The molecule has 0 spiro atoms. The molecule has 0 aromatic rings. The van der Waals surface area contributed by atoms with Crippen LogP contribution >= 0.6 is 7.82 Å². The fourth-order valence-corrected chi connectivity index (χ4v) is 5.33. The Hall–Kier alpha value is -2.77. The largest absolute Gasteiger partial charge is 0.469 e. The van der Waals surface area contributed by atoms with Gasteiger partial charge >= 0.3 is 19.8 Å². The maximum absolute atomic E-state index is 12.4. The lowest BCUT2D eigenvalue weighted by Crippen LogP contribution is -2.29. The summed E-state index contributed by atoms with van der Waals surface area (Å²) in [6.07, 6.45) is 50.3. The molecular formula is C43H71O8P. The van der Waals surface area contributed by atoms with E-state index in [9.17, 15) is 14.2 Å². The van der Waals surface area contributed by atoms with Crippen LogP contribution in [0.1, 0.15) is 155 Å². The lowest BCUT2D eigenvalue weighted by Gasteiger charge is -2.18. The number of allylic oxidation sites excluding steroid dienone is 14. The molecule has 0 radical (unpaired) electrons. The third-order valence-corrected chi connectivity index (χ3v) is 8.40. The van der Waals surface area contributed by atoms with Gasteiger partial charge in [0.1, 0.15) is 6.61 Å². The van der Waals surface area contributed by atoms with Gasteiger partial charge in [0, 0.05) is 12.8 Å². The second kappa shape index (κ2) is 38.0. The highest BCUT2D eigenvalue weighted by molar-refractivity contribution is 7.46. The van der Waals surface area contributed by atoms with Crippen molar-refractivity contribution in [2.24, 2.45) is 0 Å². The first-order valence-electron chi connectivity index (χ1n) is 19.9. The van der Waals surface area contributed by atoms with Crippen molar-refractivity contribution in [3.63, 3.8) is 0 Å². The first kappa shape index (κ1) is 49.2.